The van der Waals surface area contributed by atoms with Crippen LogP contribution in [0.5, 0.6) is 5.88 Å². The number of benzene rings is 2. The third-order valence-electron chi connectivity index (χ3n) is 7.80. The van der Waals surface area contributed by atoms with Crippen molar-refractivity contribution < 1.29 is 17.9 Å². The Labute approximate surface area is 236 Å². The molecule has 4 aromatic rings. The second kappa shape index (κ2) is 10.2. The number of hydrogen-bond donors (Lipinski definition) is 1. The van der Waals surface area contributed by atoms with Gasteiger partial charge in [0.15, 0.2) is 4.90 Å². The van der Waals surface area contributed by atoms with E-state index in [0.29, 0.717) is 40.5 Å². The highest BCUT2D eigenvalue weighted by Crippen LogP contribution is 2.47. The topological polar surface area (TPSA) is 126 Å². The van der Waals surface area contributed by atoms with Crippen LogP contribution < -0.4 is 5.56 Å². The summed E-state index contributed by atoms with van der Waals surface area (Å²) < 4.78 is 42.7. The molecule has 2 aliphatic carbocycles. The Balaban J connectivity index is 1.48. The zero-order chi connectivity index (χ0) is 28.9. The van der Waals surface area contributed by atoms with E-state index in [9.17, 15) is 28.0 Å². The molecule has 1 atom stereocenters. The Hall–Kier alpha value is -4.36. The molecule has 2 fully saturated rings. The lowest BCUT2D eigenvalue weighted by Crippen LogP contribution is -2.28. The van der Waals surface area contributed by atoms with E-state index in [4.69, 9.17) is 0 Å². The molecule has 208 valence electrons. The average Bonchev–Trinajstić information content (AvgIpc) is 3.87. The summed E-state index contributed by atoms with van der Waals surface area (Å²) in [6.07, 6.45) is 4.12. The van der Waals surface area contributed by atoms with Gasteiger partial charge < -0.3 is 5.11 Å². The van der Waals surface area contributed by atoms with E-state index in [1.165, 1.54) is 22.8 Å². The number of aromatic hydroxyl groups is 1. The molecule has 0 bridgehead atoms. The van der Waals surface area contributed by atoms with Crippen LogP contribution >= 0.6 is 0 Å². The predicted molar refractivity (Wildman–Crippen MR) is 148 cm³/mol. The first-order valence-corrected chi connectivity index (χ1v) is 15.0. The first-order valence-electron chi connectivity index (χ1n) is 13.5. The van der Waals surface area contributed by atoms with Gasteiger partial charge in [-0.3, -0.25) is 9.36 Å². The lowest BCUT2D eigenvalue weighted by atomic mass is 9.99. The van der Waals surface area contributed by atoms with Crippen LogP contribution in [-0.4, -0.2) is 28.1 Å². The molecule has 0 spiro atoms. The fourth-order valence-electron chi connectivity index (χ4n) is 5.40. The highest BCUT2D eigenvalue weighted by atomic mass is 32.2. The van der Waals surface area contributed by atoms with E-state index in [2.05, 4.69) is 16.0 Å². The molecule has 1 unspecified atom stereocenters. The molecule has 2 heterocycles. The zero-order valence-electron chi connectivity index (χ0n) is 22.3. The Morgan fingerprint density at radius 3 is 2.44 bits per heavy atom. The van der Waals surface area contributed by atoms with Crippen molar-refractivity contribution in [3.05, 3.63) is 99.6 Å². The number of aryl methyl sites for hydroxylation is 1. The smallest absolute Gasteiger partial charge is 0.296 e. The van der Waals surface area contributed by atoms with Crippen molar-refractivity contribution in [1.29, 1.82) is 5.26 Å². The second-order valence-corrected chi connectivity index (χ2v) is 12.7. The van der Waals surface area contributed by atoms with Crippen molar-refractivity contribution in [2.75, 3.05) is 0 Å². The quantitative estimate of drug-likeness (QED) is 0.292. The summed E-state index contributed by atoms with van der Waals surface area (Å²) >= 11 is 0. The number of nitriles is 1. The fourth-order valence-corrected chi connectivity index (χ4v) is 6.75. The van der Waals surface area contributed by atoms with Gasteiger partial charge in [-0.05, 0) is 92.0 Å². The van der Waals surface area contributed by atoms with E-state index < -0.39 is 38.2 Å². The molecule has 0 radical (unpaired) electrons. The predicted octanol–water partition coefficient (Wildman–Crippen LogP) is 5.11. The summed E-state index contributed by atoms with van der Waals surface area (Å²) in [4.78, 5) is 20.4. The number of hydrogen-bond acceptors (Lipinski definition) is 7. The van der Waals surface area contributed by atoms with E-state index in [1.807, 2.05) is 6.07 Å². The fraction of sp³-hybridized carbons (Fsp3) is 0.290. The first kappa shape index (κ1) is 26.8. The summed E-state index contributed by atoms with van der Waals surface area (Å²) in [6.45, 7) is 1.65. The van der Waals surface area contributed by atoms with Crippen LogP contribution in [-0.2, 0) is 16.3 Å². The SMILES string of the molecule is Cc1nc(F)ccc1-c1ccc(S(=O)(=O)c2c(O)n(C(c3cccc(C#N)c3)C3CC3)c(CC3CC3)nc2=O)cc1. The van der Waals surface area contributed by atoms with Crippen LogP contribution in [0.4, 0.5) is 4.39 Å². The maximum absolute atomic E-state index is 13.9. The van der Waals surface area contributed by atoms with Crippen molar-refractivity contribution >= 4 is 9.84 Å². The van der Waals surface area contributed by atoms with E-state index >= 15 is 0 Å². The molecule has 41 heavy (non-hydrogen) atoms. The minimum absolute atomic E-state index is 0.0968. The molecule has 2 saturated carbocycles. The van der Waals surface area contributed by atoms with Crippen molar-refractivity contribution in [2.24, 2.45) is 11.8 Å². The number of pyridine rings is 1. The number of nitrogens with zero attached hydrogens (tertiary/aromatic N) is 4. The molecule has 1 N–H and O–H groups in total. The normalized spacial score (nSPS) is 15.8. The Bertz CT molecular complexity index is 1870. The average molecular weight is 571 g/mol. The van der Waals surface area contributed by atoms with Gasteiger partial charge in [0.1, 0.15) is 5.82 Å². The molecular weight excluding hydrogens is 543 g/mol. The number of rotatable bonds is 8. The Kier molecular flexibility index (Phi) is 6.70. The summed E-state index contributed by atoms with van der Waals surface area (Å²) in [7, 11) is -4.48. The van der Waals surface area contributed by atoms with Crippen LogP contribution in [0.1, 0.15) is 54.4 Å². The van der Waals surface area contributed by atoms with Gasteiger partial charge in [0, 0.05) is 17.7 Å². The molecule has 2 aromatic heterocycles. The largest absolute Gasteiger partial charge is 0.493 e. The maximum atomic E-state index is 13.9. The van der Waals surface area contributed by atoms with Crippen molar-refractivity contribution in [3.8, 4) is 23.1 Å². The van der Waals surface area contributed by atoms with Gasteiger partial charge in [-0.2, -0.15) is 14.6 Å². The summed E-state index contributed by atoms with van der Waals surface area (Å²) in [5.41, 5.74) is 1.91. The highest BCUT2D eigenvalue weighted by Gasteiger charge is 2.40. The van der Waals surface area contributed by atoms with Crippen molar-refractivity contribution in [2.45, 2.75) is 54.9 Å². The molecule has 2 aliphatic rings. The standard InChI is InChI=1S/C31H27FN4O4S/c1-18-25(13-14-26(32)34-18)21-9-11-24(12-10-21)41(39,40)29-30(37)35-27(16-19-5-6-19)36(31(29)38)28(22-7-8-22)23-4-2-3-20(15-23)17-33/h2-4,9-15,19,22,28,38H,5-8,16H2,1H3. The maximum Gasteiger partial charge on any atom is 0.296 e. The van der Waals surface area contributed by atoms with E-state index in [1.54, 1.807) is 43.3 Å². The monoisotopic (exact) mass is 570 g/mol. The van der Waals surface area contributed by atoms with Gasteiger partial charge in [-0.25, -0.2) is 13.4 Å². The van der Waals surface area contributed by atoms with E-state index in [-0.39, 0.29) is 10.8 Å². The number of halogens is 1. The lowest BCUT2D eigenvalue weighted by molar-refractivity contribution is 0.347. The highest BCUT2D eigenvalue weighted by molar-refractivity contribution is 7.91. The van der Waals surface area contributed by atoms with E-state index in [0.717, 1.165) is 31.2 Å². The summed E-state index contributed by atoms with van der Waals surface area (Å²) in [5.74, 6) is -0.485. The van der Waals surface area contributed by atoms with Gasteiger partial charge in [0.05, 0.1) is 22.6 Å². The van der Waals surface area contributed by atoms with Crippen molar-refractivity contribution in [3.63, 3.8) is 0 Å². The molecular formula is C31H27FN4O4S. The Morgan fingerprint density at radius 2 is 1.80 bits per heavy atom. The summed E-state index contributed by atoms with van der Waals surface area (Å²) in [6, 6.07) is 17.3. The molecule has 8 nitrogen and oxygen atoms in total. The zero-order valence-corrected chi connectivity index (χ0v) is 23.1. The molecule has 10 heteroatoms. The van der Waals surface area contributed by atoms with Gasteiger partial charge in [-0.15, -0.1) is 0 Å². The van der Waals surface area contributed by atoms with Crippen LogP contribution in [0.15, 0.2) is 75.2 Å². The van der Waals surface area contributed by atoms with Gasteiger partial charge in [-0.1, -0.05) is 24.3 Å². The third-order valence-corrected chi connectivity index (χ3v) is 9.59. The van der Waals surface area contributed by atoms with Crippen LogP contribution in [0.25, 0.3) is 11.1 Å². The third kappa shape index (κ3) is 5.13. The van der Waals surface area contributed by atoms with Crippen LogP contribution in [0.3, 0.4) is 0 Å². The van der Waals surface area contributed by atoms with Gasteiger partial charge in [0.2, 0.25) is 21.7 Å². The lowest BCUT2D eigenvalue weighted by Gasteiger charge is -2.26. The summed E-state index contributed by atoms with van der Waals surface area (Å²) in [5, 5.41) is 21.1. The number of sulfone groups is 1. The molecule has 6 rings (SSSR count). The minimum atomic E-state index is -4.48. The Morgan fingerprint density at radius 1 is 1.07 bits per heavy atom. The number of aromatic nitrogens is 3. The first-order chi connectivity index (χ1) is 19.7. The minimum Gasteiger partial charge on any atom is -0.493 e. The van der Waals surface area contributed by atoms with Crippen LogP contribution in [0, 0.1) is 36.0 Å². The molecule has 2 aromatic carbocycles. The van der Waals surface area contributed by atoms with Gasteiger partial charge >= 0.3 is 0 Å². The molecule has 0 aliphatic heterocycles. The second-order valence-electron chi connectivity index (χ2n) is 10.8. The van der Waals surface area contributed by atoms with Crippen molar-refractivity contribution in [1.82, 2.24) is 14.5 Å². The molecule has 0 saturated heterocycles. The molecule has 0 amide bonds. The van der Waals surface area contributed by atoms with Crippen LogP contribution in [0.2, 0.25) is 0 Å². The van der Waals surface area contributed by atoms with Gasteiger partial charge in [0.25, 0.3) is 5.56 Å².